The number of pyridine rings is 1. The second kappa shape index (κ2) is 11.5. The highest BCUT2D eigenvalue weighted by Gasteiger charge is 2.16. The molecule has 0 aliphatic carbocycles. The lowest BCUT2D eigenvalue weighted by Gasteiger charge is -2.34. The first-order valence-corrected chi connectivity index (χ1v) is 9.05. The Morgan fingerprint density at radius 3 is 2.48 bits per heavy atom. The summed E-state index contributed by atoms with van der Waals surface area (Å²) in [6, 6.07) is 4.69. The van der Waals surface area contributed by atoms with E-state index >= 15 is 0 Å². The largest absolute Gasteiger partial charge is 0.354 e. The minimum atomic E-state index is 0. The van der Waals surface area contributed by atoms with Crippen LogP contribution in [0.3, 0.4) is 0 Å². The summed E-state index contributed by atoms with van der Waals surface area (Å²) in [4.78, 5) is 13.7. The maximum Gasteiger partial charge on any atom is 0.191 e. The molecule has 1 saturated heterocycles. The fourth-order valence-electron chi connectivity index (χ4n) is 2.72. The highest BCUT2D eigenvalue weighted by Crippen LogP contribution is 2.14. The molecule has 2 N–H and O–H groups in total. The van der Waals surface area contributed by atoms with Crippen molar-refractivity contribution in [2.24, 2.45) is 4.99 Å². The van der Waals surface area contributed by atoms with E-state index in [1.165, 1.54) is 0 Å². The van der Waals surface area contributed by atoms with Crippen molar-refractivity contribution in [1.29, 1.82) is 0 Å². The number of nitrogens with one attached hydrogen (secondary N) is 2. The summed E-state index contributed by atoms with van der Waals surface area (Å²) in [5.41, 5.74) is 1.16. The lowest BCUT2D eigenvalue weighted by atomic mass is 10.2. The van der Waals surface area contributed by atoms with Gasteiger partial charge in [-0.15, -0.1) is 24.0 Å². The number of nitrogens with zero attached hydrogens (tertiary/aromatic N) is 4. The number of aromatic nitrogens is 1. The van der Waals surface area contributed by atoms with Crippen molar-refractivity contribution >= 4 is 35.8 Å². The molecular weight excluding hydrogens is 427 g/mol. The standard InChI is InChI=1S/C18H32N6.HI/c1-5-15(3)22-18(19-4)21-14-16-7-8-17(20-13-16)24-11-9-23(6-2)10-12-24;/h7-8,13,15H,5-6,9-12,14H2,1-4H3,(H2,19,21,22);1H. The van der Waals surface area contributed by atoms with Crippen LogP contribution in [0.5, 0.6) is 0 Å². The number of rotatable bonds is 6. The number of halogens is 1. The van der Waals surface area contributed by atoms with Crippen molar-refractivity contribution in [1.82, 2.24) is 20.5 Å². The minimum Gasteiger partial charge on any atom is -0.354 e. The molecule has 0 spiro atoms. The summed E-state index contributed by atoms with van der Waals surface area (Å²) in [5.74, 6) is 1.92. The molecule has 1 aromatic heterocycles. The van der Waals surface area contributed by atoms with Gasteiger partial charge in [0.25, 0.3) is 0 Å². The Morgan fingerprint density at radius 2 is 1.96 bits per heavy atom. The van der Waals surface area contributed by atoms with Gasteiger partial charge in [-0.1, -0.05) is 19.9 Å². The average molecular weight is 460 g/mol. The van der Waals surface area contributed by atoms with Gasteiger partial charge in [0.2, 0.25) is 0 Å². The predicted octanol–water partition coefficient (Wildman–Crippen LogP) is 2.31. The Balaban J connectivity index is 0.00000312. The van der Waals surface area contributed by atoms with E-state index in [0.717, 1.165) is 63.0 Å². The van der Waals surface area contributed by atoms with Crippen LogP contribution in [0.1, 0.15) is 32.8 Å². The van der Waals surface area contributed by atoms with Gasteiger partial charge in [-0.05, 0) is 31.5 Å². The summed E-state index contributed by atoms with van der Waals surface area (Å²) in [5, 5.41) is 6.71. The number of guanidine groups is 1. The maximum atomic E-state index is 4.64. The van der Waals surface area contributed by atoms with Crippen molar-refractivity contribution < 1.29 is 0 Å². The molecule has 25 heavy (non-hydrogen) atoms. The van der Waals surface area contributed by atoms with E-state index in [0.29, 0.717) is 6.04 Å². The molecule has 1 atom stereocenters. The highest BCUT2D eigenvalue weighted by atomic mass is 127. The summed E-state index contributed by atoms with van der Waals surface area (Å²) >= 11 is 0. The van der Waals surface area contributed by atoms with Gasteiger partial charge >= 0.3 is 0 Å². The van der Waals surface area contributed by atoms with Crippen LogP contribution >= 0.6 is 24.0 Å². The predicted molar refractivity (Wildman–Crippen MR) is 117 cm³/mol. The van der Waals surface area contributed by atoms with Crippen molar-refractivity contribution in [2.75, 3.05) is 44.7 Å². The zero-order valence-electron chi connectivity index (χ0n) is 16.0. The van der Waals surface area contributed by atoms with Crippen LogP contribution in [-0.2, 0) is 6.54 Å². The molecule has 6 nitrogen and oxygen atoms in total. The molecule has 1 unspecified atom stereocenters. The van der Waals surface area contributed by atoms with E-state index in [1.54, 1.807) is 7.05 Å². The first kappa shape index (κ1) is 22.0. The fraction of sp³-hybridized carbons (Fsp3) is 0.667. The molecule has 0 aromatic carbocycles. The summed E-state index contributed by atoms with van der Waals surface area (Å²) < 4.78 is 0. The monoisotopic (exact) mass is 460 g/mol. The number of aliphatic imine (C=N–C) groups is 1. The zero-order valence-corrected chi connectivity index (χ0v) is 18.3. The van der Waals surface area contributed by atoms with Gasteiger partial charge < -0.3 is 20.4 Å². The second-order valence-electron chi connectivity index (χ2n) is 6.33. The first-order chi connectivity index (χ1) is 11.7. The van der Waals surface area contributed by atoms with E-state index < -0.39 is 0 Å². The number of anilines is 1. The normalized spacial score (nSPS) is 17.0. The van der Waals surface area contributed by atoms with Crippen molar-refractivity contribution in [3.05, 3.63) is 23.9 Å². The van der Waals surface area contributed by atoms with Gasteiger partial charge in [-0.25, -0.2) is 4.98 Å². The molecule has 1 aromatic rings. The second-order valence-corrected chi connectivity index (χ2v) is 6.33. The number of hydrogen-bond donors (Lipinski definition) is 2. The summed E-state index contributed by atoms with van der Waals surface area (Å²) in [7, 11) is 1.80. The van der Waals surface area contributed by atoms with E-state index in [1.807, 2.05) is 6.20 Å². The molecule has 142 valence electrons. The topological polar surface area (TPSA) is 55.8 Å². The molecule has 2 rings (SSSR count). The van der Waals surface area contributed by atoms with Gasteiger partial charge in [0.1, 0.15) is 5.82 Å². The molecule has 1 aliphatic heterocycles. The Hall–Kier alpha value is -1.09. The summed E-state index contributed by atoms with van der Waals surface area (Å²) in [6.07, 6.45) is 3.04. The summed E-state index contributed by atoms with van der Waals surface area (Å²) in [6.45, 7) is 12.8. The molecule has 7 heteroatoms. The third-order valence-corrected chi connectivity index (χ3v) is 4.63. The number of likely N-dealkylation sites (N-methyl/N-ethyl adjacent to an activating group) is 1. The van der Waals surface area contributed by atoms with Gasteiger partial charge in [0.05, 0.1) is 0 Å². The van der Waals surface area contributed by atoms with Crippen LogP contribution in [0.25, 0.3) is 0 Å². The Morgan fingerprint density at radius 1 is 1.24 bits per heavy atom. The van der Waals surface area contributed by atoms with E-state index in [9.17, 15) is 0 Å². The Bertz CT molecular complexity index is 511. The number of hydrogen-bond acceptors (Lipinski definition) is 4. The smallest absolute Gasteiger partial charge is 0.191 e. The van der Waals surface area contributed by atoms with Crippen molar-refractivity contribution in [3.63, 3.8) is 0 Å². The van der Waals surface area contributed by atoms with Crippen LogP contribution in [0.2, 0.25) is 0 Å². The first-order valence-electron chi connectivity index (χ1n) is 9.05. The number of piperazine rings is 1. The molecule has 2 heterocycles. The van der Waals surface area contributed by atoms with Gasteiger partial charge in [0.15, 0.2) is 5.96 Å². The molecule has 1 fully saturated rings. The fourth-order valence-corrected chi connectivity index (χ4v) is 2.72. The molecular formula is C18H33IN6. The molecule has 0 amide bonds. The van der Waals surface area contributed by atoms with Gasteiger partial charge in [-0.3, -0.25) is 4.99 Å². The Labute approximate surface area is 169 Å². The van der Waals surface area contributed by atoms with E-state index in [4.69, 9.17) is 0 Å². The van der Waals surface area contributed by atoms with Crippen molar-refractivity contribution in [2.45, 2.75) is 39.8 Å². The lowest BCUT2D eigenvalue weighted by molar-refractivity contribution is 0.270. The minimum absolute atomic E-state index is 0. The van der Waals surface area contributed by atoms with Crippen LogP contribution in [0, 0.1) is 0 Å². The molecule has 0 radical (unpaired) electrons. The van der Waals surface area contributed by atoms with E-state index in [-0.39, 0.29) is 24.0 Å². The van der Waals surface area contributed by atoms with E-state index in [2.05, 4.69) is 63.3 Å². The third kappa shape index (κ3) is 6.97. The maximum absolute atomic E-state index is 4.64. The molecule has 0 bridgehead atoms. The quantitative estimate of drug-likeness (QED) is 0.388. The van der Waals surface area contributed by atoms with Crippen LogP contribution in [0.4, 0.5) is 5.82 Å². The third-order valence-electron chi connectivity index (χ3n) is 4.63. The Kier molecular flexibility index (Phi) is 10.1. The SMILES string of the molecule is CCC(C)NC(=NC)NCc1ccc(N2CCN(CC)CC2)nc1.I. The lowest BCUT2D eigenvalue weighted by Crippen LogP contribution is -2.46. The van der Waals surface area contributed by atoms with Crippen LogP contribution in [-0.4, -0.2) is 61.7 Å². The van der Waals surface area contributed by atoms with Gasteiger partial charge in [0, 0.05) is 52.0 Å². The molecule has 0 saturated carbocycles. The average Bonchev–Trinajstić information content (AvgIpc) is 2.65. The van der Waals surface area contributed by atoms with Crippen LogP contribution in [0.15, 0.2) is 23.3 Å². The van der Waals surface area contributed by atoms with Crippen molar-refractivity contribution in [3.8, 4) is 0 Å². The van der Waals surface area contributed by atoms with Crippen LogP contribution < -0.4 is 15.5 Å². The zero-order chi connectivity index (χ0) is 17.4. The molecule has 1 aliphatic rings. The van der Waals surface area contributed by atoms with Gasteiger partial charge in [-0.2, -0.15) is 0 Å². The highest BCUT2D eigenvalue weighted by molar-refractivity contribution is 14.0.